The van der Waals surface area contributed by atoms with Gasteiger partial charge in [-0.3, -0.25) is 25.3 Å². The van der Waals surface area contributed by atoms with Crippen LogP contribution in [0.2, 0.25) is 0 Å². The van der Waals surface area contributed by atoms with E-state index in [9.17, 15) is 18.5 Å². The number of nitrogens with two attached hydrogens (primary N) is 1. The standard InChI is InChI=1S/C8H9N5O3.C7H8O3S/c9-8(10)12(14)11-5-6-1-3-7(4-2-6)13(15)16;1-6-2-4-7(5-3-6)11(8,9)10/h1-5,14H,(H3,9,10);2-5H,1H3,(H,8,9,10). The third kappa shape index (κ3) is 7.60. The van der Waals surface area contributed by atoms with E-state index in [1.54, 1.807) is 12.1 Å². The van der Waals surface area contributed by atoms with Crippen LogP contribution in [-0.2, 0) is 10.1 Å². The van der Waals surface area contributed by atoms with Gasteiger partial charge in [0.2, 0.25) is 5.96 Å². The average Bonchev–Trinajstić information content (AvgIpc) is 2.60. The number of nitro groups is 1. The molecule has 2 aromatic carbocycles. The molecule has 27 heavy (non-hydrogen) atoms. The summed E-state index contributed by atoms with van der Waals surface area (Å²) in [6.45, 7) is 1.84. The lowest BCUT2D eigenvalue weighted by Crippen LogP contribution is -2.28. The molecule has 0 aliphatic heterocycles. The van der Waals surface area contributed by atoms with Crippen LogP contribution in [0, 0.1) is 22.4 Å². The van der Waals surface area contributed by atoms with E-state index in [-0.39, 0.29) is 15.8 Å². The Morgan fingerprint density at radius 3 is 2.15 bits per heavy atom. The summed E-state index contributed by atoms with van der Waals surface area (Å²) in [7, 11) is -4.02. The summed E-state index contributed by atoms with van der Waals surface area (Å²) in [5.41, 5.74) is 6.37. The van der Waals surface area contributed by atoms with Gasteiger partial charge in [-0.25, -0.2) is 0 Å². The second-order valence-corrected chi connectivity index (χ2v) is 6.48. The van der Waals surface area contributed by atoms with Crippen LogP contribution in [0.1, 0.15) is 11.1 Å². The van der Waals surface area contributed by atoms with Crippen LogP contribution in [0.25, 0.3) is 0 Å². The minimum absolute atomic E-state index is 0.0374. The molecule has 0 saturated heterocycles. The maximum absolute atomic E-state index is 10.5. The van der Waals surface area contributed by atoms with Gasteiger partial charge in [-0.2, -0.15) is 13.5 Å². The molecule has 0 spiro atoms. The van der Waals surface area contributed by atoms with Gasteiger partial charge in [0.05, 0.1) is 16.0 Å². The first-order valence-corrected chi connectivity index (χ1v) is 8.60. The highest BCUT2D eigenvalue weighted by Gasteiger charge is 2.07. The van der Waals surface area contributed by atoms with Crippen LogP contribution in [0.15, 0.2) is 58.5 Å². The first-order valence-electron chi connectivity index (χ1n) is 7.16. The normalized spacial score (nSPS) is 10.8. The van der Waals surface area contributed by atoms with Crippen LogP contribution in [-0.4, -0.2) is 40.4 Å². The molecule has 2 rings (SSSR count). The van der Waals surface area contributed by atoms with Crippen molar-refractivity contribution in [3.8, 4) is 0 Å². The molecule has 0 saturated carbocycles. The van der Waals surface area contributed by atoms with Crippen molar-refractivity contribution in [2.75, 3.05) is 0 Å². The highest BCUT2D eigenvalue weighted by atomic mass is 32.2. The Balaban J connectivity index is 0.000000289. The Morgan fingerprint density at radius 2 is 1.74 bits per heavy atom. The van der Waals surface area contributed by atoms with Gasteiger partial charge >= 0.3 is 0 Å². The number of benzene rings is 2. The van der Waals surface area contributed by atoms with Gasteiger partial charge in [0, 0.05) is 12.1 Å². The Bertz CT molecular complexity index is 926. The summed E-state index contributed by atoms with van der Waals surface area (Å²) >= 11 is 0. The molecule has 0 atom stereocenters. The number of non-ortho nitro benzene ring substituents is 1. The highest BCUT2D eigenvalue weighted by Crippen LogP contribution is 2.10. The third-order valence-electron chi connectivity index (χ3n) is 2.95. The molecule has 0 unspecified atom stereocenters. The van der Waals surface area contributed by atoms with Gasteiger partial charge in [0.1, 0.15) is 0 Å². The minimum Gasteiger partial charge on any atom is -0.367 e. The number of hydrogen-bond acceptors (Lipinski definition) is 7. The fourth-order valence-electron chi connectivity index (χ4n) is 1.58. The predicted molar refractivity (Wildman–Crippen MR) is 97.2 cm³/mol. The van der Waals surface area contributed by atoms with E-state index in [4.69, 9.17) is 20.9 Å². The molecule has 0 radical (unpaired) electrons. The molecule has 0 aliphatic rings. The lowest BCUT2D eigenvalue weighted by molar-refractivity contribution is -0.384. The molecule has 0 heterocycles. The van der Waals surface area contributed by atoms with E-state index in [0.29, 0.717) is 5.56 Å². The number of nitro benzene ring substituents is 1. The zero-order valence-electron chi connectivity index (χ0n) is 14.1. The van der Waals surface area contributed by atoms with Crippen molar-refractivity contribution >= 4 is 28.0 Å². The van der Waals surface area contributed by atoms with Crippen LogP contribution < -0.4 is 5.73 Å². The summed E-state index contributed by atoms with van der Waals surface area (Å²) in [5.74, 6) is -0.627. The van der Waals surface area contributed by atoms with Crippen LogP contribution in [0.3, 0.4) is 0 Å². The van der Waals surface area contributed by atoms with Crippen molar-refractivity contribution in [2.24, 2.45) is 10.8 Å². The fraction of sp³-hybridized carbons (Fsp3) is 0.0667. The molecule has 0 bridgehead atoms. The first-order chi connectivity index (χ1) is 12.5. The van der Waals surface area contributed by atoms with Gasteiger partial charge < -0.3 is 5.73 Å². The van der Waals surface area contributed by atoms with Gasteiger partial charge in [-0.15, -0.1) is 5.17 Å². The van der Waals surface area contributed by atoms with Crippen LogP contribution in [0.4, 0.5) is 5.69 Å². The summed E-state index contributed by atoms with van der Waals surface area (Å²) in [5, 5.41) is 29.7. The Hall–Kier alpha value is -3.35. The Kier molecular flexibility index (Phi) is 7.53. The fourth-order valence-corrected chi connectivity index (χ4v) is 2.06. The molecule has 144 valence electrons. The maximum Gasteiger partial charge on any atom is 0.294 e. The van der Waals surface area contributed by atoms with E-state index in [1.807, 2.05) is 6.92 Å². The molecule has 12 heteroatoms. The van der Waals surface area contributed by atoms with Crippen molar-refractivity contribution in [3.63, 3.8) is 0 Å². The van der Waals surface area contributed by atoms with Crippen molar-refractivity contribution in [3.05, 3.63) is 69.8 Å². The van der Waals surface area contributed by atoms with Crippen LogP contribution >= 0.6 is 0 Å². The lowest BCUT2D eigenvalue weighted by atomic mass is 10.2. The molecular formula is C15H17N5O6S. The number of hydroxylamine groups is 1. The number of guanidine groups is 1. The van der Waals surface area contributed by atoms with E-state index < -0.39 is 21.0 Å². The van der Waals surface area contributed by atoms with E-state index in [1.165, 1.54) is 42.6 Å². The quantitative estimate of drug-likeness (QED) is 0.198. The molecule has 0 fully saturated rings. The summed E-state index contributed by atoms with van der Waals surface area (Å²) in [6.07, 6.45) is 1.21. The first kappa shape index (κ1) is 21.7. The van der Waals surface area contributed by atoms with Crippen molar-refractivity contribution in [1.82, 2.24) is 5.17 Å². The number of hydrazone groups is 1. The largest absolute Gasteiger partial charge is 0.367 e. The molecular weight excluding hydrogens is 378 g/mol. The predicted octanol–water partition coefficient (Wildman–Crippen LogP) is 1.76. The molecule has 0 aromatic heterocycles. The molecule has 11 nitrogen and oxygen atoms in total. The second-order valence-electron chi connectivity index (χ2n) is 5.06. The number of nitrogens with one attached hydrogen (secondary N) is 1. The molecule has 0 aliphatic carbocycles. The highest BCUT2D eigenvalue weighted by molar-refractivity contribution is 7.85. The maximum atomic E-state index is 10.5. The SMILES string of the molecule is Cc1ccc(S(=O)(=O)O)cc1.N=C(N)N(O)N=Cc1ccc([N+](=O)[O-])cc1. The zero-order valence-corrected chi connectivity index (χ0v) is 14.9. The van der Waals surface area contributed by atoms with Crippen LogP contribution in [0.5, 0.6) is 0 Å². The van der Waals surface area contributed by atoms with Gasteiger partial charge in [-0.1, -0.05) is 17.7 Å². The third-order valence-corrected chi connectivity index (χ3v) is 3.82. The van der Waals surface area contributed by atoms with Crippen molar-refractivity contribution < 1.29 is 23.1 Å². The molecule has 5 N–H and O–H groups in total. The van der Waals surface area contributed by atoms with Crippen molar-refractivity contribution in [2.45, 2.75) is 11.8 Å². The lowest BCUT2D eigenvalue weighted by Gasteiger charge is -2.05. The van der Waals surface area contributed by atoms with E-state index in [2.05, 4.69) is 5.10 Å². The minimum atomic E-state index is -4.02. The summed E-state index contributed by atoms with van der Waals surface area (Å²) in [6, 6.07) is 11.5. The monoisotopic (exact) mass is 395 g/mol. The zero-order chi connectivity index (χ0) is 20.6. The summed E-state index contributed by atoms with van der Waals surface area (Å²) < 4.78 is 29.6. The van der Waals surface area contributed by atoms with E-state index >= 15 is 0 Å². The topological polar surface area (TPSA) is 183 Å². The average molecular weight is 395 g/mol. The Labute approximate surface area is 154 Å². The molecule has 0 amide bonds. The van der Waals surface area contributed by atoms with Gasteiger partial charge in [0.25, 0.3) is 15.8 Å². The Morgan fingerprint density at radius 1 is 1.22 bits per heavy atom. The second kappa shape index (κ2) is 9.38. The number of rotatable bonds is 4. The van der Waals surface area contributed by atoms with Crippen molar-refractivity contribution in [1.29, 1.82) is 5.41 Å². The van der Waals surface area contributed by atoms with Gasteiger partial charge in [-0.05, 0) is 36.8 Å². The number of aryl methyl sites for hydroxylation is 1. The molecule has 2 aromatic rings. The van der Waals surface area contributed by atoms with Gasteiger partial charge in [0.15, 0.2) is 0 Å². The number of hydrogen-bond donors (Lipinski definition) is 4. The summed E-state index contributed by atoms with van der Waals surface area (Å²) in [4.78, 5) is 9.76. The smallest absolute Gasteiger partial charge is 0.294 e. The van der Waals surface area contributed by atoms with E-state index in [0.717, 1.165) is 5.56 Å². The number of nitrogens with zero attached hydrogens (tertiary/aromatic N) is 3.